The van der Waals surface area contributed by atoms with Gasteiger partial charge in [0.25, 0.3) is 5.91 Å². The lowest BCUT2D eigenvalue weighted by molar-refractivity contribution is -0.137. The number of nitrogens with zero attached hydrogens (tertiary/aromatic N) is 2. The van der Waals surface area contributed by atoms with Crippen LogP contribution in [-0.4, -0.2) is 21.8 Å². The Morgan fingerprint density at radius 2 is 1.74 bits per heavy atom. The normalized spacial score (nSPS) is 11.1. The van der Waals surface area contributed by atoms with Gasteiger partial charge in [0.05, 0.1) is 34.6 Å². The van der Waals surface area contributed by atoms with Gasteiger partial charge in [-0.3, -0.25) is 14.6 Å². The summed E-state index contributed by atoms with van der Waals surface area (Å²) in [6.07, 6.45) is -2.89. The van der Waals surface area contributed by atoms with Gasteiger partial charge in [-0.1, -0.05) is 24.3 Å². The van der Waals surface area contributed by atoms with E-state index in [4.69, 9.17) is 0 Å². The molecule has 0 unspecified atom stereocenters. The Hall–Kier alpha value is -4.05. The first-order valence-corrected chi connectivity index (χ1v) is 10.9. The maximum Gasteiger partial charge on any atom is 0.416 e. The van der Waals surface area contributed by atoms with Gasteiger partial charge in [-0.25, -0.2) is 4.98 Å². The number of hydrogen-bond donors (Lipinski definition) is 2. The minimum absolute atomic E-state index is 0.00882. The fraction of sp³-hybridized carbons (Fsp3) is 0.0833. The third kappa shape index (κ3) is 5.65. The van der Waals surface area contributed by atoms with Crippen molar-refractivity contribution in [1.29, 1.82) is 0 Å². The van der Waals surface area contributed by atoms with Crippen molar-refractivity contribution in [2.45, 2.75) is 12.6 Å². The number of benzene rings is 2. The summed E-state index contributed by atoms with van der Waals surface area (Å²) in [4.78, 5) is 34.0. The number of carbonyl (C=O) groups excluding carboxylic acids is 2. The number of alkyl halides is 3. The first-order chi connectivity index (χ1) is 16.3. The van der Waals surface area contributed by atoms with Gasteiger partial charge in [-0.05, 0) is 42.5 Å². The van der Waals surface area contributed by atoms with Gasteiger partial charge in [-0.2, -0.15) is 13.2 Å². The SMILES string of the molecule is O=C(Cc1csc(-c2ccccn2)n1)Nc1ccccc1C(=O)Nc1cccc(C(F)(F)F)c1. The molecule has 2 amide bonds. The number of hydrogen-bond acceptors (Lipinski definition) is 5. The number of aromatic nitrogens is 2. The molecule has 6 nitrogen and oxygen atoms in total. The smallest absolute Gasteiger partial charge is 0.325 e. The Labute approximate surface area is 196 Å². The maximum atomic E-state index is 12.9. The topological polar surface area (TPSA) is 84.0 Å². The quantitative estimate of drug-likeness (QED) is 0.372. The largest absolute Gasteiger partial charge is 0.416 e. The summed E-state index contributed by atoms with van der Waals surface area (Å²) in [6.45, 7) is 0. The summed E-state index contributed by atoms with van der Waals surface area (Å²) < 4.78 is 38.8. The lowest BCUT2D eigenvalue weighted by Gasteiger charge is -2.12. The van der Waals surface area contributed by atoms with Gasteiger partial charge in [0.15, 0.2) is 0 Å². The second kappa shape index (κ2) is 9.84. The lowest BCUT2D eigenvalue weighted by atomic mass is 10.1. The molecular weight excluding hydrogens is 465 g/mol. The van der Waals surface area contributed by atoms with Crippen LogP contribution in [0.25, 0.3) is 10.7 Å². The van der Waals surface area contributed by atoms with Crippen molar-refractivity contribution >= 4 is 34.5 Å². The van der Waals surface area contributed by atoms with Crippen LogP contribution in [0.15, 0.2) is 78.3 Å². The minimum Gasteiger partial charge on any atom is -0.325 e. The van der Waals surface area contributed by atoms with Crippen molar-refractivity contribution < 1.29 is 22.8 Å². The summed E-state index contributed by atoms with van der Waals surface area (Å²) in [5.74, 6) is -1.04. The van der Waals surface area contributed by atoms with Gasteiger partial charge in [0.1, 0.15) is 5.01 Å². The molecule has 0 bridgehead atoms. The fourth-order valence-corrected chi connectivity index (χ4v) is 3.91. The van der Waals surface area contributed by atoms with Gasteiger partial charge in [-0.15, -0.1) is 11.3 Å². The third-order valence-corrected chi connectivity index (χ3v) is 5.58. The van der Waals surface area contributed by atoms with Crippen molar-refractivity contribution in [2.75, 3.05) is 10.6 Å². The van der Waals surface area contributed by atoms with E-state index in [0.29, 0.717) is 16.4 Å². The molecule has 34 heavy (non-hydrogen) atoms. The zero-order valence-corrected chi connectivity index (χ0v) is 18.3. The molecule has 0 fully saturated rings. The Bertz CT molecular complexity index is 1320. The summed E-state index contributed by atoms with van der Waals surface area (Å²) in [5.41, 5.74) is 0.716. The van der Waals surface area contributed by atoms with E-state index in [1.807, 2.05) is 12.1 Å². The monoisotopic (exact) mass is 482 g/mol. The number of halogens is 3. The van der Waals surface area contributed by atoms with E-state index in [9.17, 15) is 22.8 Å². The van der Waals surface area contributed by atoms with Crippen LogP contribution >= 0.6 is 11.3 Å². The molecule has 172 valence electrons. The van der Waals surface area contributed by atoms with Crippen LogP contribution in [-0.2, 0) is 17.4 Å². The highest BCUT2D eigenvalue weighted by Crippen LogP contribution is 2.31. The van der Waals surface area contributed by atoms with E-state index in [2.05, 4.69) is 20.6 Å². The molecule has 0 radical (unpaired) electrons. The molecule has 4 aromatic rings. The summed E-state index contributed by atoms with van der Waals surface area (Å²) in [7, 11) is 0. The molecule has 0 atom stereocenters. The average Bonchev–Trinajstić information content (AvgIpc) is 3.28. The molecule has 10 heteroatoms. The number of thiazole rings is 1. The maximum absolute atomic E-state index is 12.9. The highest BCUT2D eigenvalue weighted by Gasteiger charge is 2.30. The molecule has 0 saturated carbocycles. The fourth-order valence-electron chi connectivity index (χ4n) is 3.12. The van der Waals surface area contributed by atoms with Crippen molar-refractivity contribution in [3.8, 4) is 10.7 Å². The number of carbonyl (C=O) groups is 2. The molecule has 2 N–H and O–H groups in total. The Morgan fingerprint density at radius 3 is 2.50 bits per heavy atom. The van der Waals surface area contributed by atoms with E-state index in [-0.39, 0.29) is 23.4 Å². The Balaban J connectivity index is 1.45. The van der Waals surface area contributed by atoms with Crippen LogP contribution in [0.4, 0.5) is 24.5 Å². The van der Waals surface area contributed by atoms with Gasteiger partial charge in [0.2, 0.25) is 5.91 Å². The predicted octanol–water partition coefficient (Wildman–Crippen LogP) is 5.66. The van der Waals surface area contributed by atoms with Crippen LogP contribution in [0.1, 0.15) is 21.6 Å². The van der Waals surface area contributed by atoms with Crippen molar-refractivity contribution in [3.63, 3.8) is 0 Å². The predicted molar refractivity (Wildman–Crippen MR) is 124 cm³/mol. The van der Waals surface area contributed by atoms with E-state index in [1.165, 1.54) is 29.5 Å². The first kappa shape index (κ1) is 23.1. The van der Waals surface area contributed by atoms with Gasteiger partial charge in [0, 0.05) is 17.3 Å². The molecule has 2 aromatic carbocycles. The number of para-hydroxylation sites is 1. The zero-order chi connectivity index (χ0) is 24.1. The number of rotatable bonds is 6. The highest BCUT2D eigenvalue weighted by molar-refractivity contribution is 7.13. The molecule has 0 aliphatic heterocycles. The average molecular weight is 482 g/mol. The third-order valence-electron chi connectivity index (χ3n) is 4.67. The van der Waals surface area contributed by atoms with E-state index in [1.54, 1.807) is 35.8 Å². The van der Waals surface area contributed by atoms with Crippen molar-refractivity contribution in [3.05, 3.63) is 95.1 Å². The van der Waals surface area contributed by atoms with Crippen molar-refractivity contribution in [1.82, 2.24) is 9.97 Å². The number of nitrogens with one attached hydrogen (secondary N) is 2. The van der Waals surface area contributed by atoms with Gasteiger partial charge < -0.3 is 10.6 Å². The van der Waals surface area contributed by atoms with E-state index in [0.717, 1.165) is 12.1 Å². The standard InChI is InChI=1S/C24H17F3N4O2S/c25-24(26,27)15-6-5-7-16(12-15)29-22(33)18-8-1-2-9-19(18)31-21(32)13-17-14-34-23(30-17)20-10-3-4-11-28-20/h1-12,14H,13H2,(H,29,33)(H,31,32). The molecule has 0 saturated heterocycles. The first-order valence-electron chi connectivity index (χ1n) is 10.0. The zero-order valence-electron chi connectivity index (χ0n) is 17.5. The van der Waals surface area contributed by atoms with Crippen LogP contribution in [0.3, 0.4) is 0 Å². The van der Waals surface area contributed by atoms with Crippen LogP contribution in [0, 0.1) is 0 Å². The molecule has 2 aromatic heterocycles. The molecule has 0 spiro atoms. The summed E-state index contributed by atoms with van der Waals surface area (Å²) >= 11 is 1.37. The second-order valence-electron chi connectivity index (χ2n) is 7.16. The lowest BCUT2D eigenvalue weighted by Crippen LogP contribution is -2.19. The van der Waals surface area contributed by atoms with Gasteiger partial charge >= 0.3 is 6.18 Å². The Morgan fingerprint density at radius 1 is 0.941 bits per heavy atom. The molecular formula is C24H17F3N4O2S. The van der Waals surface area contributed by atoms with E-state index < -0.39 is 23.6 Å². The molecule has 4 rings (SSSR count). The number of anilines is 2. The number of pyridine rings is 1. The van der Waals surface area contributed by atoms with Crippen molar-refractivity contribution in [2.24, 2.45) is 0 Å². The number of amides is 2. The molecule has 0 aliphatic carbocycles. The van der Waals surface area contributed by atoms with E-state index >= 15 is 0 Å². The summed E-state index contributed by atoms with van der Waals surface area (Å²) in [5, 5.41) is 7.57. The Kier molecular flexibility index (Phi) is 6.69. The second-order valence-corrected chi connectivity index (χ2v) is 8.02. The minimum atomic E-state index is -4.53. The highest BCUT2D eigenvalue weighted by atomic mass is 32.1. The van der Waals surface area contributed by atoms with Crippen LogP contribution < -0.4 is 10.6 Å². The molecule has 2 heterocycles. The van der Waals surface area contributed by atoms with Crippen LogP contribution in [0.5, 0.6) is 0 Å². The summed E-state index contributed by atoms with van der Waals surface area (Å²) in [6, 6.07) is 16.0. The van der Waals surface area contributed by atoms with Crippen LogP contribution in [0.2, 0.25) is 0 Å². The molecule has 0 aliphatic rings.